The molecule has 2 aromatic rings. The van der Waals surface area contributed by atoms with Gasteiger partial charge in [-0.3, -0.25) is 4.84 Å². The topological polar surface area (TPSA) is 156 Å². The molecular weight excluding hydrogens is 340 g/mol. The van der Waals surface area contributed by atoms with Crippen LogP contribution in [0.4, 0.5) is 0 Å². The van der Waals surface area contributed by atoms with Gasteiger partial charge in [0.25, 0.3) is 21.4 Å². The number of rotatable bonds is 4. The Bertz CT molecular complexity index is 911. The van der Waals surface area contributed by atoms with Gasteiger partial charge in [-0.05, 0) is 25.3 Å². The molecule has 0 saturated carbocycles. The van der Waals surface area contributed by atoms with Crippen molar-refractivity contribution < 1.29 is 24.3 Å². The standard InChI is InChI=1S/C13H12N4O8/c18-14-8-4-1-2-5-9(8)15(19)13-11(25-17(22)23)7-3-6-10(12(13)14)24-16(20)21/h1-2,4-5,10-11H,3,6-7H2/t10-,11+. The molecule has 0 spiro atoms. The van der Waals surface area contributed by atoms with Crippen LogP contribution in [0.15, 0.2) is 24.3 Å². The molecule has 3 rings (SSSR count). The molecule has 12 heteroatoms. The highest BCUT2D eigenvalue weighted by Crippen LogP contribution is 2.37. The molecule has 0 unspecified atom stereocenters. The normalized spacial score (nSPS) is 19.7. The van der Waals surface area contributed by atoms with Crippen molar-refractivity contribution in [1.29, 1.82) is 0 Å². The first-order valence-corrected chi connectivity index (χ1v) is 7.30. The second-order valence-corrected chi connectivity index (χ2v) is 5.41. The van der Waals surface area contributed by atoms with E-state index in [-0.39, 0.29) is 41.7 Å². The molecule has 0 N–H and O–H groups in total. The van der Waals surface area contributed by atoms with E-state index in [1.807, 2.05) is 0 Å². The number of benzene rings is 1. The summed E-state index contributed by atoms with van der Waals surface area (Å²) in [5.41, 5.74) is -0.769. The molecule has 2 atom stereocenters. The van der Waals surface area contributed by atoms with Gasteiger partial charge in [-0.25, -0.2) is 0 Å². The van der Waals surface area contributed by atoms with E-state index in [2.05, 4.69) is 9.68 Å². The molecule has 1 aliphatic rings. The minimum absolute atomic E-state index is 0.0325. The van der Waals surface area contributed by atoms with Gasteiger partial charge in [0.1, 0.15) is 11.2 Å². The predicted octanol–water partition coefficient (Wildman–Crippen LogP) is 1.58. The second kappa shape index (κ2) is 6.22. The maximum Gasteiger partial charge on any atom is 0.295 e. The van der Waals surface area contributed by atoms with Crippen LogP contribution in [0.3, 0.4) is 0 Å². The summed E-state index contributed by atoms with van der Waals surface area (Å²) < 4.78 is 0.684. The summed E-state index contributed by atoms with van der Waals surface area (Å²) in [6.45, 7) is 0. The summed E-state index contributed by atoms with van der Waals surface area (Å²) in [7, 11) is 0. The van der Waals surface area contributed by atoms with Crippen molar-refractivity contribution in [2.75, 3.05) is 0 Å². The van der Waals surface area contributed by atoms with Crippen LogP contribution in [0.25, 0.3) is 11.0 Å². The summed E-state index contributed by atoms with van der Waals surface area (Å²) in [4.78, 5) is 43.4. The number of nitrogens with zero attached hydrogens (tertiary/aromatic N) is 4. The first-order valence-electron chi connectivity index (χ1n) is 7.30. The van der Waals surface area contributed by atoms with Crippen LogP contribution < -0.4 is 4.43 Å². The first-order chi connectivity index (χ1) is 11.9. The SMILES string of the molecule is O=[N+]([O-])O[C@H]1CCC[C@@H](O[N+](=O)[O-])c2c1n([O-])c1ccccc1[n+]2=O. The molecule has 1 aliphatic carbocycles. The zero-order valence-electron chi connectivity index (χ0n) is 12.6. The van der Waals surface area contributed by atoms with E-state index in [1.165, 1.54) is 24.3 Å². The Hall–Kier alpha value is -3.44. The van der Waals surface area contributed by atoms with Crippen LogP contribution in [0.2, 0.25) is 0 Å². The summed E-state index contributed by atoms with van der Waals surface area (Å²) in [5.74, 6) is 0. The van der Waals surface area contributed by atoms with E-state index in [9.17, 15) is 30.3 Å². The Morgan fingerprint density at radius 3 is 2.36 bits per heavy atom. The fourth-order valence-corrected chi connectivity index (χ4v) is 3.04. The third-order valence-electron chi connectivity index (χ3n) is 3.99. The van der Waals surface area contributed by atoms with Crippen molar-refractivity contribution in [3.05, 3.63) is 66.0 Å². The van der Waals surface area contributed by atoms with Gasteiger partial charge in [0.15, 0.2) is 12.2 Å². The lowest BCUT2D eigenvalue weighted by atomic mass is 10.1. The van der Waals surface area contributed by atoms with E-state index in [0.717, 1.165) is 0 Å². The molecule has 132 valence electrons. The smallest absolute Gasteiger partial charge is 0.295 e. The molecule has 0 amide bonds. The van der Waals surface area contributed by atoms with Crippen LogP contribution in [0, 0.1) is 30.3 Å². The van der Waals surface area contributed by atoms with E-state index >= 15 is 0 Å². The molecule has 0 fully saturated rings. The zero-order valence-corrected chi connectivity index (χ0v) is 12.6. The van der Waals surface area contributed by atoms with Gasteiger partial charge in [-0.2, -0.15) is 0 Å². The first kappa shape index (κ1) is 16.4. The fraction of sp³-hybridized carbons (Fsp3) is 0.385. The monoisotopic (exact) mass is 352 g/mol. The van der Waals surface area contributed by atoms with E-state index in [1.54, 1.807) is 0 Å². The molecule has 1 heterocycles. The number of para-hydroxylation sites is 2. The molecule has 0 aliphatic heterocycles. The average molecular weight is 352 g/mol. The number of hydrogen-bond acceptors (Lipinski definition) is 8. The number of fused-ring (bicyclic) bond motifs is 2. The van der Waals surface area contributed by atoms with Gasteiger partial charge < -0.3 is 14.8 Å². The largest absolute Gasteiger partial charge is 0.805 e. The lowest BCUT2D eigenvalue weighted by Gasteiger charge is -2.23. The van der Waals surface area contributed by atoms with Gasteiger partial charge >= 0.3 is 0 Å². The van der Waals surface area contributed by atoms with Gasteiger partial charge in [-0.15, -0.1) is 20.2 Å². The van der Waals surface area contributed by atoms with Crippen molar-refractivity contribution >= 4 is 11.0 Å². The maximum atomic E-state index is 12.7. The third-order valence-corrected chi connectivity index (χ3v) is 3.99. The van der Waals surface area contributed by atoms with Gasteiger partial charge in [0, 0.05) is 11.0 Å². The lowest BCUT2D eigenvalue weighted by Crippen LogP contribution is -2.32. The highest BCUT2D eigenvalue weighted by Gasteiger charge is 2.39. The average Bonchev–Trinajstić information content (AvgIpc) is 2.72. The third kappa shape index (κ3) is 2.88. The summed E-state index contributed by atoms with van der Waals surface area (Å²) >= 11 is 0. The van der Waals surface area contributed by atoms with Crippen LogP contribution in [0.1, 0.15) is 42.9 Å². The second-order valence-electron chi connectivity index (χ2n) is 5.41. The predicted molar refractivity (Wildman–Crippen MR) is 79.6 cm³/mol. The van der Waals surface area contributed by atoms with Crippen LogP contribution in [-0.4, -0.2) is 14.9 Å². The Balaban J connectivity index is 2.33. The Kier molecular flexibility index (Phi) is 4.09. The highest BCUT2D eigenvalue weighted by atomic mass is 17.0. The number of aromatic nitrogens is 2. The van der Waals surface area contributed by atoms with Gasteiger partial charge in [-0.1, -0.05) is 12.1 Å². The Morgan fingerprint density at radius 1 is 1.08 bits per heavy atom. The quantitative estimate of drug-likeness (QED) is 0.347. The van der Waals surface area contributed by atoms with Crippen molar-refractivity contribution in [3.63, 3.8) is 0 Å². The Morgan fingerprint density at radius 2 is 1.68 bits per heavy atom. The van der Waals surface area contributed by atoms with Crippen LogP contribution in [-0.2, 0) is 9.68 Å². The molecule has 1 aromatic heterocycles. The minimum atomic E-state index is -1.33. The van der Waals surface area contributed by atoms with E-state index < -0.39 is 22.4 Å². The van der Waals surface area contributed by atoms with Crippen LogP contribution in [0.5, 0.6) is 0 Å². The summed E-state index contributed by atoms with van der Waals surface area (Å²) in [6.07, 6.45) is -2.36. The Labute approximate surface area is 138 Å². The molecule has 1 aromatic carbocycles. The van der Waals surface area contributed by atoms with Gasteiger partial charge in [0.2, 0.25) is 0 Å². The molecule has 12 nitrogen and oxygen atoms in total. The molecular formula is C13H12N4O8. The summed E-state index contributed by atoms with van der Waals surface area (Å²) in [6, 6.07) is 5.78. The van der Waals surface area contributed by atoms with E-state index in [4.69, 9.17) is 0 Å². The molecule has 0 saturated heterocycles. The fourth-order valence-electron chi connectivity index (χ4n) is 3.04. The van der Waals surface area contributed by atoms with Crippen molar-refractivity contribution in [3.8, 4) is 0 Å². The molecule has 0 bridgehead atoms. The van der Waals surface area contributed by atoms with Crippen molar-refractivity contribution in [1.82, 2.24) is 4.73 Å². The summed E-state index contributed by atoms with van der Waals surface area (Å²) in [5, 5.41) is 32.1. The van der Waals surface area contributed by atoms with Crippen molar-refractivity contribution in [2.45, 2.75) is 31.5 Å². The van der Waals surface area contributed by atoms with Crippen LogP contribution >= 0.6 is 0 Å². The zero-order chi connectivity index (χ0) is 18.1. The minimum Gasteiger partial charge on any atom is -0.805 e. The van der Waals surface area contributed by atoms with Crippen molar-refractivity contribution in [2.24, 2.45) is 0 Å². The molecule has 0 radical (unpaired) electrons. The van der Waals surface area contributed by atoms with E-state index in [0.29, 0.717) is 9.16 Å². The molecule has 25 heavy (non-hydrogen) atoms. The highest BCUT2D eigenvalue weighted by molar-refractivity contribution is 5.72. The van der Waals surface area contributed by atoms with Gasteiger partial charge in [0.05, 0.1) is 4.43 Å². The maximum absolute atomic E-state index is 12.7. The number of hydrogen-bond donors (Lipinski definition) is 0. The lowest BCUT2D eigenvalue weighted by molar-refractivity contribution is -0.775.